The summed E-state index contributed by atoms with van der Waals surface area (Å²) in [5.41, 5.74) is 0.665. The summed E-state index contributed by atoms with van der Waals surface area (Å²) in [5.74, 6) is 0. The van der Waals surface area contributed by atoms with E-state index in [0.29, 0.717) is 16.9 Å². The van der Waals surface area contributed by atoms with Gasteiger partial charge in [0.25, 0.3) is 0 Å². The summed E-state index contributed by atoms with van der Waals surface area (Å²) in [6.45, 7) is 1.85. The maximum atomic E-state index is 13.7. The van der Waals surface area contributed by atoms with Gasteiger partial charge in [0.1, 0.15) is 5.54 Å². The topological polar surface area (TPSA) is 77.8 Å². The Hall–Kier alpha value is -4.64. The number of alkyl halides is 3. The molecule has 5 nitrogen and oxygen atoms in total. The molecule has 0 aliphatic rings. The highest BCUT2D eigenvalue weighted by molar-refractivity contribution is 5.90. The second-order valence-corrected chi connectivity index (χ2v) is 8.64. The lowest BCUT2D eigenvalue weighted by atomic mass is 9.79. The number of hydrogen-bond donors (Lipinski definition) is 2. The molecule has 3 aromatic carbocycles. The molecular formula is C29H23F3N4O. The van der Waals surface area contributed by atoms with Crippen molar-refractivity contribution >= 4 is 11.7 Å². The van der Waals surface area contributed by atoms with Crippen LogP contribution in [0.2, 0.25) is 0 Å². The summed E-state index contributed by atoms with van der Waals surface area (Å²) < 4.78 is 41.2. The van der Waals surface area contributed by atoms with Crippen molar-refractivity contribution in [3.8, 4) is 6.07 Å². The van der Waals surface area contributed by atoms with Gasteiger partial charge in [-0.15, -0.1) is 0 Å². The highest BCUT2D eigenvalue weighted by atomic mass is 19.4. The number of anilines is 1. The molecule has 4 rings (SSSR count). The van der Waals surface area contributed by atoms with E-state index in [2.05, 4.69) is 15.6 Å². The Morgan fingerprint density at radius 3 is 2.35 bits per heavy atom. The van der Waals surface area contributed by atoms with E-state index in [-0.39, 0.29) is 12.0 Å². The molecular weight excluding hydrogens is 477 g/mol. The Morgan fingerprint density at radius 2 is 1.65 bits per heavy atom. The van der Waals surface area contributed by atoms with Crippen molar-refractivity contribution in [1.29, 1.82) is 5.26 Å². The van der Waals surface area contributed by atoms with Crippen LogP contribution in [0.15, 0.2) is 97.2 Å². The molecule has 0 radical (unpaired) electrons. The van der Waals surface area contributed by atoms with Crippen molar-refractivity contribution in [2.75, 3.05) is 5.32 Å². The number of nitrogens with one attached hydrogen (secondary N) is 2. The van der Waals surface area contributed by atoms with Gasteiger partial charge in [0.05, 0.1) is 22.9 Å². The molecule has 1 unspecified atom stereocenters. The molecule has 1 heterocycles. The highest BCUT2D eigenvalue weighted by Gasteiger charge is 2.40. The summed E-state index contributed by atoms with van der Waals surface area (Å²) in [5, 5.41) is 14.8. The fourth-order valence-electron chi connectivity index (χ4n) is 4.18. The smallest absolute Gasteiger partial charge is 0.322 e. The Labute approximate surface area is 212 Å². The number of urea groups is 1. The summed E-state index contributed by atoms with van der Waals surface area (Å²) in [6.07, 6.45) is -2.88. The van der Waals surface area contributed by atoms with E-state index < -0.39 is 23.3 Å². The predicted octanol–water partition coefficient (Wildman–Crippen LogP) is 6.59. The maximum absolute atomic E-state index is 13.7. The lowest BCUT2D eigenvalue weighted by Gasteiger charge is -2.36. The predicted molar refractivity (Wildman–Crippen MR) is 135 cm³/mol. The molecule has 0 spiro atoms. The third-order valence-corrected chi connectivity index (χ3v) is 5.92. The first-order valence-electron chi connectivity index (χ1n) is 11.4. The van der Waals surface area contributed by atoms with Crippen molar-refractivity contribution in [2.24, 2.45) is 0 Å². The number of pyridine rings is 1. The minimum absolute atomic E-state index is 0.136. The van der Waals surface area contributed by atoms with Gasteiger partial charge in [0, 0.05) is 18.3 Å². The van der Waals surface area contributed by atoms with Crippen LogP contribution in [-0.2, 0) is 18.1 Å². The van der Waals surface area contributed by atoms with E-state index >= 15 is 0 Å². The van der Waals surface area contributed by atoms with E-state index in [1.165, 1.54) is 12.1 Å². The second-order valence-electron chi connectivity index (χ2n) is 8.64. The van der Waals surface area contributed by atoms with Gasteiger partial charge in [-0.2, -0.15) is 18.4 Å². The Bertz CT molecular complexity index is 1450. The van der Waals surface area contributed by atoms with Crippen molar-refractivity contribution in [3.63, 3.8) is 0 Å². The molecule has 0 bridgehead atoms. The minimum Gasteiger partial charge on any atom is -0.322 e. The first-order valence-corrected chi connectivity index (χ1v) is 11.4. The third kappa shape index (κ3) is 5.96. The van der Waals surface area contributed by atoms with Crippen LogP contribution in [0.5, 0.6) is 0 Å². The highest BCUT2D eigenvalue weighted by Crippen LogP contribution is 2.37. The number of nitriles is 1. The van der Waals surface area contributed by atoms with Gasteiger partial charge in [-0.1, -0.05) is 48.5 Å². The van der Waals surface area contributed by atoms with Gasteiger partial charge in [-0.25, -0.2) is 4.79 Å². The summed E-state index contributed by atoms with van der Waals surface area (Å²) in [6, 6.07) is 25.3. The minimum atomic E-state index is -4.57. The zero-order valence-electron chi connectivity index (χ0n) is 19.9. The standard InChI is InChI=1S/C29H23F3N4O/c1-20-13-14-34-26(15-20)28(18-21-7-3-2-4-8-21,23-10-6-11-24(17-23)29(30,31)32)36-27(37)35-25-12-5-9-22(16-25)19-33/h2-17H,18H2,1H3,(H2,35,36,37). The number of rotatable bonds is 6. The molecule has 0 aliphatic carbocycles. The second kappa shape index (κ2) is 10.5. The summed E-state index contributed by atoms with van der Waals surface area (Å²) >= 11 is 0. The molecule has 0 aliphatic heterocycles. The van der Waals surface area contributed by atoms with Gasteiger partial charge in [-0.3, -0.25) is 4.98 Å². The van der Waals surface area contributed by atoms with E-state index in [9.17, 15) is 23.2 Å². The monoisotopic (exact) mass is 500 g/mol. The zero-order chi connectivity index (χ0) is 26.5. The normalized spacial score (nSPS) is 12.7. The fraction of sp³-hybridized carbons (Fsp3) is 0.138. The van der Waals surface area contributed by atoms with Crippen LogP contribution in [0.4, 0.5) is 23.7 Å². The van der Waals surface area contributed by atoms with Gasteiger partial charge >= 0.3 is 12.2 Å². The van der Waals surface area contributed by atoms with Crippen LogP contribution >= 0.6 is 0 Å². The number of carbonyl (C=O) groups excluding carboxylic acids is 1. The number of halogens is 3. The molecule has 0 saturated carbocycles. The van der Waals surface area contributed by atoms with E-state index in [1.807, 2.05) is 43.3 Å². The Morgan fingerprint density at radius 1 is 0.919 bits per heavy atom. The molecule has 1 atom stereocenters. The molecule has 0 saturated heterocycles. The van der Waals surface area contributed by atoms with Gasteiger partial charge < -0.3 is 10.6 Å². The van der Waals surface area contributed by atoms with E-state index in [0.717, 1.165) is 23.3 Å². The van der Waals surface area contributed by atoms with Crippen LogP contribution < -0.4 is 10.6 Å². The molecule has 37 heavy (non-hydrogen) atoms. The largest absolute Gasteiger partial charge is 0.416 e. The van der Waals surface area contributed by atoms with Crippen molar-refractivity contribution in [2.45, 2.75) is 25.1 Å². The van der Waals surface area contributed by atoms with Crippen LogP contribution in [0.1, 0.15) is 33.5 Å². The van der Waals surface area contributed by atoms with Gasteiger partial charge in [0.2, 0.25) is 0 Å². The average Bonchev–Trinajstić information content (AvgIpc) is 2.88. The molecule has 2 N–H and O–H groups in total. The Kier molecular flexibility index (Phi) is 7.25. The summed E-state index contributed by atoms with van der Waals surface area (Å²) in [7, 11) is 0. The molecule has 186 valence electrons. The first kappa shape index (κ1) is 25.5. The number of hydrogen-bond acceptors (Lipinski definition) is 3. The summed E-state index contributed by atoms with van der Waals surface area (Å²) in [4.78, 5) is 17.9. The Balaban J connectivity index is 1.87. The lowest BCUT2D eigenvalue weighted by Crippen LogP contribution is -2.50. The SMILES string of the molecule is Cc1ccnc(C(Cc2ccccc2)(NC(=O)Nc2cccc(C#N)c2)c2cccc(C(F)(F)F)c2)c1. The van der Waals surface area contributed by atoms with Crippen LogP contribution in [-0.4, -0.2) is 11.0 Å². The van der Waals surface area contributed by atoms with E-state index in [1.54, 1.807) is 42.6 Å². The van der Waals surface area contributed by atoms with Gasteiger partial charge in [0.15, 0.2) is 0 Å². The van der Waals surface area contributed by atoms with Crippen LogP contribution in [0.3, 0.4) is 0 Å². The molecule has 4 aromatic rings. The number of benzene rings is 3. The average molecular weight is 501 g/mol. The number of amides is 2. The quantitative estimate of drug-likeness (QED) is 0.314. The van der Waals surface area contributed by atoms with Crippen molar-refractivity contribution in [1.82, 2.24) is 10.3 Å². The number of carbonyl (C=O) groups is 1. The number of aryl methyl sites for hydroxylation is 1. The molecule has 8 heteroatoms. The fourth-order valence-corrected chi connectivity index (χ4v) is 4.18. The lowest BCUT2D eigenvalue weighted by molar-refractivity contribution is -0.137. The van der Waals surface area contributed by atoms with Crippen LogP contribution in [0.25, 0.3) is 0 Å². The third-order valence-electron chi connectivity index (χ3n) is 5.92. The zero-order valence-corrected chi connectivity index (χ0v) is 19.9. The molecule has 2 amide bonds. The van der Waals surface area contributed by atoms with Crippen LogP contribution in [0, 0.1) is 18.3 Å². The van der Waals surface area contributed by atoms with Crippen molar-refractivity contribution < 1.29 is 18.0 Å². The van der Waals surface area contributed by atoms with Gasteiger partial charge in [-0.05, 0) is 66.1 Å². The molecule has 0 fully saturated rings. The maximum Gasteiger partial charge on any atom is 0.416 e. The van der Waals surface area contributed by atoms with Crippen molar-refractivity contribution in [3.05, 3.63) is 131 Å². The molecule has 1 aromatic heterocycles. The first-order chi connectivity index (χ1) is 17.7. The number of nitrogens with zero attached hydrogens (tertiary/aromatic N) is 2. The number of aromatic nitrogens is 1. The van der Waals surface area contributed by atoms with E-state index in [4.69, 9.17) is 0 Å².